The van der Waals surface area contributed by atoms with Crippen molar-refractivity contribution in [2.75, 3.05) is 13.1 Å². The van der Waals surface area contributed by atoms with Crippen molar-refractivity contribution in [2.24, 2.45) is 5.92 Å². The molecule has 1 rings (SSSR count). The second-order valence-corrected chi connectivity index (χ2v) is 3.73. The Hall–Kier alpha value is -1.00. The Bertz CT molecular complexity index is 230. The molecule has 0 aromatic heterocycles. The van der Waals surface area contributed by atoms with Crippen LogP contribution in [0, 0.1) is 5.92 Å². The zero-order valence-electron chi connectivity index (χ0n) is 9.68. The lowest BCUT2D eigenvalue weighted by atomic mass is 9.96. The fraction of sp³-hybridized carbons (Fsp3) is 0.727. The highest BCUT2D eigenvalue weighted by atomic mass is 19.4. The minimum atomic E-state index is -4.09. The highest BCUT2D eigenvalue weighted by molar-refractivity contribution is 5.73. The van der Waals surface area contributed by atoms with Crippen LogP contribution in [-0.2, 0) is 4.79 Å². The van der Waals surface area contributed by atoms with E-state index in [9.17, 15) is 18.0 Å². The number of carbonyl (C=O) groups excluding carboxylic acids is 1. The fourth-order valence-electron chi connectivity index (χ4n) is 1.52. The van der Waals surface area contributed by atoms with E-state index in [1.807, 2.05) is 6.92 Å². The van der Waals surface area contributed by atoms with Gasteiger partial charge in [-0.3, -0.25) is 4.79 Å². The summed E-state index contributed by atoms with van der Waals surface area (Å²) in [4.78, 5) is 12.3. The number of rotatable bonds is 0. The maximum Gasteiger partial charge on any atom is 0.391 e. The normalized spacial score (nSPS) is 17.4. The molecule has 1 heterocycles. The average Bonchev–Trinajstić information content (AvgIpc) is 2.18. The van der Waals surface area contributed by atoms with E-state index < -0.39 is 12.1 Å². The standard InChI is InChI=1S/C8H12F3NO.C3H6/c1-6(13)12-4-2-7(3-5-12)8(9,10)11;1-3-2/h7H,2-5H2,1H3;3H,1H2,2H3. The van der Waals surface area contributed by atoms with Gasteiger partial charge in [-0.25, -0.2) is 0 Å². The number of hydrogen-bond acceptors (Lipinski definition) is 1. The van der Waals surface area contributed by atoms with Gasteiger partial charge in [-0.15, -0.1) is 6.58 Å². The third-order valence-electron chi connectivity index (χ3n) is 2.40. The molecule has 1 fully saturated rings. The third kappa shape index (κ3) is 5.19. The average molecular weight is 237 g/mol. The Morgan fingerprint density at radius 2 is 1.75 bits per heavy atom. The van der Waals surface area contributed by atoms with Crippen LogP contribution in [-0.4, -0.2) is 30.1 Å². The van der Waals surface area contributed by atoms with Crippen molar-refractivity contribution in [3.63, 3.8) is 0 Å². The summed E-state index contributed by atoms with van der Waals surface area (Å²) in [6.45, 7) is 7.10. The van der Waals surface area contributed by atoms with Gasteiger partial charge in [0.15, 0.2) is 0 Å². The van der Waals surface area contributed by atoms with Gasteiger partial charge in [0.1, 0.15) is 0 Å². The van der Waals surface area contributed by atoms with Gasteiger partial charge >= 0.3 is 6.18 Å². The van der Waals surface area contributed by atoms with Gasteiger partial charge in [0, 0.05) is 20.0 Å². The maximum absolute atomic E-state index is 12.2. The zero-order valence-corrected chi connectivity index (χ0v) is 9.68. The Balaban J connectivity index is 0.000000673. The number of allylic oxidation sites excluding steroid dienone is 1. The van der Waals surface area contributed by atoms with E-state index in [0.29, 0.717) is 0 Å². The number of nitrogens with zero attached hydrogens (tertiary/aromatic N) is 1. The largest absolute Gasteiger partial charge is 0.391 e. The molecule has 5 heteroatoms. The van der Waals surface area contributed by atoms with E-state index in [1.54, 1.807) is 6.08 Å². The maximum atomic E-state index is 12.2. The second kappa shape index (κ2) is 6.55. The first-order valence-electron chi connectivity index (χ1n) is 5.22. The molecule has 1 saturated heterocycles. The number of alkyl halides is 3. The molecular formula is C11H18F3NO. The molecule has 2 nitrogen and oxygen atoms in total. The predicted molar refractivity (Wildman–Crippen MR) is 56.9 cm³/mol. The van der Waals surface area contributed by atoms with Crippen molar-refractivity contribution >= 4 is 5.91 Å². The molecule has 0 radical (unpaired) electrons. The highest BCUT2D eigenvalue weighted by Crippen LogP contribution is 2.33. The lowest BCUT2D eigenvalue weighted by molar-refractivity contribution is -0.186. The first kappa shape index (κ1) is 15.0. The van der Waals surface area contributed by atoms with Crippen molar-refractivity contribution in [1.29, 1.82) is 0 Å². The summed E-state index contributed by atoms with van der Waals surface area (Å²) in [6, 6.07) is 0. The molecule has 1 amide bonds. The fourth-order valence-corrected chi connectivity index (χ4v) is 1.52. The van der Waals surface area contributed by atoms with Crippen LogP contribution in [0.1, 0.15) is 26.7 Å². The topological polar surface area (TPSA) is 20.3 Å². The lowest BCUT2D eigenvalue weighted by Crippen LogP contribution is -2.41. The van der Waals surface area contributed by atoms with E-state index in [4.69, 9.17) is 0 Å². The summed E-state index contributed by atoms with van der Waals surface area (Å²) in [5.74, 6) is -1.36. The van der Waals surface area contributed by atoms with Gasteiger partial charge in [0.05, 0.1) is 5.92 Å². The molecule has 0 bridgehead atoms. The second-order valence-electron chi connectivity index (χ2n) is 3.73. The molecule has 0 aliphatic carbocycles. The molecule has 0 unspecified atom stereocenters. The molecule has 0 atom stereocenters. The van der Waals surface area contributed by atoms with Crippen LogP contribution in [0.15, 0.2) is 12.7 Å². The molecule has 0 aromatic rings. The third-order valence-corrected chi connectivity index (χ3v) is 2.40. The highest BCUT2D eigenvalue weighted by Gasteiger charge is 2.41. The van der Waals surface area contributed by atoms with Crippen LogP contribution in [0.5, 0.6) is 0 Å². The first-order valence-corrected chi connectivity index (χ1v) is 5.22. The van der Waals surface area contributed by atoms with E-state index >= 15 is 0 Å². The number of halogens is 3. The van der Waals surface area contributed by atoms with Gasteiger partial charge in [-0.2, -0.15) is 13.2 Å². The number of hydrogen-bond donors (Lipinski definition) is 0. The van der Waals surface area contributed by atoms with E-state index in [-0.39, 0.29) is 31.8 Å². The van der Waals surface area contributed by atoms with Crippen molar-refractivity contribution in [3.05, 3.63) is 12.7 Å². The van der Waals surface area contributed by atoms with Gasteiger partial charge in [0.2, 0.25) is 5.91 Å². The van der Waals surface area contributed by atoms with Crippen molar-refractivity contribution in [2.45, 2.75) is 32.9 Å². The molecule has 1 aliphatic rings. The number of piperidine rings is 1. The minimum absolute atomic E-state index is 0.0447. The van der Waals surface area contributed by atoms with Crippen LogP contribution in [0.3, 0.4) is 0 Å². The molecule has 94 valence electrons. The summed E-state index contributed by atoms with van der Waals surface area (Å²) in [6.07, 6.45) is -2.25. The molecule has 0 saturated carbocycles. The predicted octanol–water partition coefficient (Wildman–Crippen LogP) is 3.00. The van der Waals surface area contributed by atoms with Gasteiger partial charge in [-0.1, -0.05) is 6.08 Å². The minimum Gasteiger partial charge on any atom is -0.343 e. The van der Waals surface area contributed by atoms with Gasteiger partial charge in [0.25, 0.3) is 0 Å². The number of carbonyl (C=O) groups is 1. The summed E-state index contributed by atoms with van der Waals surface area (Å²) < 4.78 is 36.5. The molecule has 1 aliphatic heterocycles. The number of likely N-dealkylation sites (tertiary alicyclic amines) is 1. The quantitative estimate of drug-likeness (QED) is 0.593. The van der Waals surface area contributed by atoms with E-state index in [2.05, 4.69) is 6.58 Å². The van der Waals surface area contributed by atoms with Gasteiger partial charge in [-0.05, 0) is 19.8 Å². The van der Waals surface area contributed by atoms with Crippen LogP contribution < -0.4 is 0 Å². The Kier molecular flexibility index (Phi) is 6.14. The van der Waals surface area contributed by atoms with Crippen molar-refractivity contribution < 1.29 is 18.0 Å². The number of amides is 1. The Labute approximate surface area is 94.1 Å². The molecule has 0 aromatic carbocycles. The molecule has 0 N–H and O–H groups in total. The SMILES string of the molecule is C=CC.CC(=O)N1CCC(C(F)(F)F)CC1. The van der Waals surface area contributed by atoms with Gasteiger partial charge < -0.3 is 4.90 Å². The Morgan fingerprint density at radius 1 is 1.38 bits per heavy atom. The van der Waals surface area contributed by atoms with Crippen molar-refractivity contribution in [1.82, 2.24) is 4.90 Å². The summed E-state index contributed by atoms with van der Waals surface area (Å²) in [5, 5.41) is 0. The summed E-state index contributed by atoms with van der Waals surface area (Å²) >= 11 is 0. The summed E-state index contributed by atoms with van der Waals surface area (Å²) in [7, 11) is 0. The van der Waals surface area contributed by atoms with Crippen LogP contribution in [0.2, 0.25) is 0 Å². The van der Waals surface area contributed by atoms with Crippen LogP contribution >= 0.6 is 0 Å². The van der Waals surface area contributed by atoms with E-state index in [1.165, 1.54) is 11.8 Å². The van der Waals surface area contributed by atoms with Crippen LogP contribution in [0.4, 0.5) is 13.2 Å². The molecule has 0 spiro atoms. The zero-order chi connectivity index (χ0) is 12.8. The molecular weight excluding hydrogens is 219 g/mol. The lowest BCUT2D eigenvalue weighted by Gasteiger charge is -2.32. The molecule has 16 heavy (non-hydrogen) atoms. The summed E-state index contributed by atoms with van der Waals surface area (Å²) in [5.41, 5.74) is 0. The van der Waals surface area contributed by atoms with E-state index in [0.717, 1.165) is 0 Å². The monoisotopic (exact) mass is 237 g/mol. The van der Waals surface area contributed by atoms with Crippen molar-refractivity contribution in [3.8, 4) is 0 Å². The smallest absolute Gasteiger partial charge is 0.343 e. The Morgan fingerprint density at radius 3 is 2.00 bits per heavy atom. The van der Waals surface area contributed by atoms with Crippen LogP contribution in [0.25, 0.3) is 0 Å². The first-order chi connectivity index (χ1) is 7.32.